The van der Waals surface area contributed by atoms with Gasteiger partial charge in [0, 0.05) is 18.4 Å². The first-order valence-electron chi connectivity index (χ1n) is 6.24. The van der Waals surface area contributed by atoms with Gasteiger partial charge in [-0.2, -0.15) is 0 Å². The van der Waals surface area contributed by atoms with E-state index in [1.165, 1.54) is 18.5 Å². The van der Waals surface area contributed by atoms with Crippen LogP contribution in [-0.2, 0) is 0 Å². The van der Waals surface area contributed by atoms with Crippen LogP contribution in [0.4, 0.5) is 0 Å². The number of rotatable bonds is 3. The highest BCUT2D eigenvalue weighted by atomic mass is 16.4. The van der Waals surface area contributed by atoms with Gasteiger partial charge < -0.3 is 15.3 Å². The van der Waals surface area contributed by atoms with Crippen molar-refractivity contribution < 1.29 is 14.7 Å². The zero-order valence-electron chi connectivity index (χ0n) is 10.8. The van der Waals surface area contributed by atoms with Gasteiger partial charge in [0.1, 0.15) is 0 Å². The van der Waals surface area contributed by atoms with E-state index in [-0.39, 0.29) is 17.5 Å². The summed E-state index contributed by atoms with van der Waals surface area (Å²) in [4.78, 5) is 28.8. The average Bonchev–Trinajstić information content (AvgIpc) is 2.41. The van der Waals surface area contributed by atoms with E-state index in [2.05, 4.69) is 22.2 Å². The minimum atomic E-state index is -1.08. The fourth-order valence-corrected chi connectivity index (χ4v) is 2.10. The number of carboxylic acids is 1. The number of carbonyl (C=O) groups is 2. The molecule has 1 amide bonds. The Balaban J connectivity index is 2.00. The van der Waals surface area contributed by atoms with Gasteiger partial charge in [0.15, 0.2) is 0 Å². The summed E-state index contributed by atoms with van der Waals surface area (Å²) in [7, 11) is 2.05. The van der Waals surface area contributed by atoms with Crippen molar-refractivity contribution in [2.45, 2.75) is 18.9 Å². The molecule has 19 heavy (non-hydrogen) atoms. The van der Waals surface area contributed by atoms with E-state index in [0.717, 1.165) is 25.9 Å². The van der Waals surface area contributed by atoms with E-state index in [0.29, 0.717) is 5.56 Å². The van der Waals surface area contributed by atoms with Crippen molar-refractivity contribution in [1.82, 2.24) is 15.2 Å². The van der Waals surface area contributed by atoms with Gasteiger partial charge in [-0.3, -0.25) is 9.78 Å². The second-order valence-corrected chi connectivity index (χ2v) is 4.82. The van der Waals surface area contributed by atoms with Crippen LogP contribution in [0.2, 0.25) is 0 Å². The Labute approximate surface area is 111 Å². The van der Waals surface area contributed by atoms with E-state index in [9.17, 15) is 9.59 Å². The van der Waals surface area contributed by atoms with Crippen LogP contribution in [0.25, 0.3) is 0 Å². The highest BCUT2D eigenvalue weighted by Gasteiger charge is 2.19. The lowest BCUT2D eigenvalue weighted by Crippen LogP contribution is -2.43. The molecule has 0 saturated carbocycles. The molecule has 6 heteroatoms. The van der Waals surface area contributed by atoms with Gasteiger partial charge in [-0.1, -0.05) is 0 Å². The molecule has 0 aromatic carbocycles. The predicted octanol–water partition coefficient (Wildman–Crippen LogP) is 0.604. The molecule has 2 N–H and O–H groups in total. The van der Waals surface area contributed by atoms with Gasteiger partial charge in [0.25, 0.3) is 5.91 Å². The number of carboxylic acid groups (broad SMARTS) is 1. The SMILES string of the molecule is CN1CCC(NC(=O)c2cncc(C(=O)O)c2)CC1. The summed E-state index contributed by atoms with van der Waals surface area (Å²) in [6.07, 6.45) is 4.44. The summed E-state index contributed by atoms with van der Waals surface area (Å²) in [6, 6.07) is 1.50. The predicted molar refractivity (Wildman–Crippen MR) is 69.2 cm³/mol. The lowest BCUT2D eigenvalue weighted by molar-refractivity contribution is 0.0696. The van der Waals surface area contributed by atoms with Gasteiger partial charge in [-0.25, -0.2) is 4.79 Å². The monoisotopic (exact) mass is 263 g/mol. The Morgan fingerprint density at radius 1 is 1.32 bits per heavy atom. The van der Waals surface area contributed by atoms with Crippen molar-refractivity contribution in [1.29, 1.82) is 0 Å². The number of hydrogen-bond acceptors (Lipinski definition) is 4. The van der Waals surface area contributed by atoms with Crippen molar-refractivity contribution in [3.8, 4) is 0 Å². The average molecular weight is 263 g/mol. The van der Waals surface area contributed by atoms with E-state index >= 15 is 0 Å². The van der Waals surface area contributed by atoms with Crippen LogP contribution in [0.15, 0.2) is 18.5 Å². The summed E-state index contributed by atoms with van der Waals surface area (Å²) in [5.74, 6) is -1.34. The van der Waals surface area contributed by atoms with E-state index in [4.69, 9.17) is 5.11 Å². The van der Waals surface area contributed by atoms with Crippen molar-refractivity contribution in [2.24, 2.45) is 0 Å². The Morgan fingerprint density at radius 3 is 2.58 bits per heavy atom. The fraction of sp³-hybridized carbons (Fsp3) is 0.462. The first kappa shape index (κ1) is 13.5. The minimum Gasteiger partial charge on any atom is -0.478 e. The molecule has 0 radical (unpaired) electrons. The number of carbonyl (C=O) groups excluding carboxylic acids is 1. The summed E-state index contributed by atoms with van der Waals surface area (Å²) >= 11 is 0. The van der Waals surface area contributed by atoms with E-state index < -0.39 is 5.97 Å². The number of nitrogens with zero attached hydrogens (tertiary/aromatic N) is 2. The molecule has 2 rings (SSSR count). The molecule has 0 unspecified atom stereocenters. The smallest absolute Gasteiger partial charge is 0.337 e. The largest absolute Gasteiger partial charge is 0.478 e. The molecule has 0 spiro atoms. The van der Waals surface area contributed by atoms with Crippen LogP contribution in [-0.4, -0.2) is 53.0 Å². The molecule has 1 aliphatic heterocycles. The summed E-state index contributed by atoms with van der Waals surface area (Å²) in [5.41, 5.74) is 0.315. The molecule has 1 saturated heterocycles. The second-order valence-electron chi connectivity index (χ2n) is 4.82. The number of aromatic carboxylic acids is 1. The van der Waals surface area contributed by atoms with Crippen LogP contribution in [0.5, 0.6) is 0 Å². The van der Waals surface area contributed by atoms with E-state index in [1.807, 2.05) is 0 Å². The van der Waals surface area contributed by atoms with Crippen molar-refractivity contribution >= 4 is 11.9 Å². The molecule has 0 bridgehead atoms. The van der Waals surface area contributed by atoms with Crippen LogP contribution in [0.3, 0.4) is 0 Å². The third-order valence-corrected chi connectivity index (χ3v) is 3.30. The third-order valence-electron chi connectivity index (χ3n) is 3.30. The highest BCUT2D eigenvalue weighted by molar-refractivity contribution is 5.97. The third kappa shape index (κ3) is 3.51. The number of aromatic nitrogens is 1. The number of pyridine rings is 1. The molecule has 1 aromatic rings. The van der Waals surface area contributed by atoms with Gasteiger partial charge in [-0.05, 0) is 39.0 Å². The van der Waals surface area contributed by atoms with E-state index in [1.54, 1.807) is 0 Å². The number of hydrogen-bond donors (Lipinski definition) is 2. The Bertz CT molecular complexity index is 482. The quantitative estimate of drug-likeness (QED) is 0.834. The molecule has 0 atom stereocenters. The molecular formula is C13H17N3O3. The molecule has 6 nitrogen and oxygen atoms in total. The van der Waals surface area contributed by atoms with Crippen LogP contribution < -0.4 is 5.32 Å². The van der Waals surface area contributed by atoms with Gasteiger partial charge >= 0.3 is 5.97 Å². The first-order valence-corrected chi connectivity index (χ1v) is 6.24. The number of likely N-dealkylation sites (tertiary alicyclic amines) is 1. The molecule has 102 valence electrons. The molecule has 2 heterocycles. The second kappa shape index (κ2) is 5.79. The van der Waals surface area contributed by atoms with Gasteiger partial charge in [0.2, 0.25) is 0 Å². The number of piperidine rings is 1. The first-order chi connectivity index (χ1) is 9.06. The zero-order chi connectivity index (χ0) is 13.8. The van der Waals surface area contributed by atoms with Crippen molar-refractivity contribution in [3.05, 3.63) is 29.6 Å². The lowest BCUT2D eigenvalue weighted by Gasteiger charge is -2.29. The normalized spacial score (nSPS) is 17.1. The zero-order valence-corrected chi connectivity index (χ0v) is 10.8. The molecule has 0 aliphatic carbocycles. The van der Waals surface area contributed by atoms with Crippen LogP contribution in [0, 0.1) is 0 Å². The Kier molecular flexibility index (Phi) is 4.11. The maximum absolute atomic E-state index is 12.0. The van der Waals surface area contributed by atoms with Crippen molar-refractivity contribution in [3.63, 3.8) is 0 Å². The fourth-order valence-electron chi connectivity index (χ4n) is 2.10. The molecular weight excluding hydrogens is 246 g/mol. The summed E-state index contributed by atoms with van der Waals surface area (Å²) in [5, 5.41) is 11.8. The molecule has 1 aliphatic rings. The number of amides is 1. The van der Waals surface area contributed by atoms with Crippen molar-refractivity contribution in [2.75, 3.05) is 20.1 Å². The van der Waals surface area contributed by atoms with Gasteiger partial charge in [-0.15, -0.1) is 0 Å². The maximum atomic E-state index is 12.0. The Hall–Kier alpha value is -1.95. The topological polar surface area (TPSA) is 82.5 Å². The summed E-state index contributed by atoms with van der Waals surface area (Å²) < 4.78 is 0. The summed E-state index contributed by atoms with van der Waals surface area (Å²) in [6.45, 7) is 1.91. The molecule has 1 fully saturated rings. The highest BCUT2D eigenvalue weighted by Crippen LogP contribution is 2.10. The van der Waals surface area contributed by atoms with Crippen LogP contribution >= 0.6 is 0 Å². The minimum absolute atomic E-state index is 0.0241. The maximum Gasteiger partial charge on any atom is 0.337 e. The standard InChI is InChI=1S/C13H17N3O3/c1-16-4-2-11(3-5-16)15-12(17)9-6-10(13(18)19)8-14-7-9/h6-8,11H,2-5H2,1H3,(H,15,17)(H,18,19). The molecule has 1 aromatic heterocycles. The van der Waals surface area contributed by atoms with Gasteiger partial charge in [0.05, 0.1) is 11.1 Å². The lowest BCUT2D eigenvalue weighted by atomic mass is 10.0. The number of nitrogens with one attached hydrogen (secondary N) is 1. The Morgan fingerprint density at radius 2 is 1.95 bits per heavy atom. The van der Waals surface area contributed by atoms with Crippen LogP contribution in [0.1, 0.15) is 33.6 Å².